The van der Waals surface area contributed by atoms with Gasteiger partial charge in [0.1, 0.15) is 0 Å². The van der Waals surface area contributed by atoms with Gasteiger partial charge in [0.25, 0.3) is 0 Å². The Bertz CT molecular complexity index is 558. The van der Waals surface area contributed by atoms with Crippen molar-refractivity contribution in [3.8, 4) is 11.6 Å². The van der Waals surface area contributed by atoms with Gasteiger partial charge < -0.3 is 15.4 Å². The van der Waals surface area contributed by atoms with Crippen LogP contribution < -0.4 is 15.4 Å². The van der Waals surface area contributed by atoms with Crippen molar-refractivity contribution in [2.24, 2.45) is 0 Å². The highest BCUT2D eigenvalue weighted by Crippen LogP contribution is 2.33. The highest BCUT2D eigenvalue weighted by molar-refractivity contribution is 9.10. The van der Waals surface area contributed by atoms with Gasteiger partial charge in [0.15, 0.2) is 5.75 Å². The fourth-order valence-corrected chi connectivity index (χ4v) is 1.78. The van der Waals surface area contributed by atoms with Crippen LogP contribution in [-0.2, 0) is 0 Å². The van der Waals surface area contributed by atoms with Gasteiger partial charge in [-0.25, -0.2) is 4.98 Å². The van der Waals surface area contributed by atoms with Crippen LogP contribution in [0.2, 0.25) is 0 Å². The summed E-state index contributed by atoms with van der Waals surface area (Å²) in [5.41, 5.74) is 7.50. The number of nitrogens with zero attached hydrogens (tertiary/aromatic N) is 2. The maximum atomic E-state index is 5.90. The first-order valence-electron chi connectivity index (χ1n) is 5.43. The molecule has 0 atom stereocenters. The van der Waals surface area contributed by atoms with E-state index in [1.54, 1.807) is 6.20 Å². The van der Waals surface area contributed by atoms with Gasteiger partial charge >= 0.3 is 0 Å². The number of aromatic nitrogens is 1. The third kappa shape index (κ3) is 2.73. The molecule has 0 unspecified atom stereocenters. The van der Waals surface area contributed by atoms with Crippen molar-refractivity contribution in [3.05, 3.63) is 41.0 Å². The van der Waals surface area contributed by atoms with Crippen LogP contribution in [0.4, 0.5) is 11.4 Å². The van der Waals surface area contributed by atoms with Gasteiger partial charge in [0.2, 0.25) is 5.88 Å². The summed E-state index contributed by atoms with van der Waals surface area (Å²) in [6, 6.07) is 9.35. The fourth-order valence-electron chi connectivity index (χ4n) is 1.44. The molecule has 4 nitrogen and oxygen atoms in total. The number of hydrogen-bond donors (Lipinski definition) is 1. The van der Waals surface area contributed by atoms with Crippen LogP contribution in [0.5, 0.6) is 11.6 Å². The van der Waals surface area contributed by atoms with E-state index in [-0.39, 0.29) is 0 Å². The summed E-state index contributed by atoms with van der Waals surface area (Å²) in [5.74, 6) is 1.10. The van der Waals surface area contributed by atoms with Crippen LogP contribution in [-0.4, -0.2) is 19.1 Å². The topological polar surface area (TPSA) is 51.4 Å². The van der Waals surface area contributed by atoms with E-state index in [2.05, 4.69) is 20.9 Å². The molecule has 0 bridgehead atoms. The zero-order valence-corrected chi connectivity index (χ0v) is 11.8. The van der Waals surface area contributed by atoms with Gasteiger partial charge in [0.05, 0.1) is 10.2 Å². The lowest BCUT2D eigenvalue weighted by Gasteiger charge is -2.15. The lowest BCUT2D eigenvalue weighted by molar-refractivity contribution is 0.462. The molecule has 2 N–H and O–H groups in total. The van der Waals surface area contributed by atoms with Crippen molar-refractivity contribution in [2.45, 2.75) is 0 Å². The SMILES string of the molecule is CN(C)c1ccc(N)c(Oc2ncccc2Br)c1. The van der Waals surface area contributed by atoms with Gasteiger partial charge in [0, 0.05) is 32.0 Å². The summed E-state index contributed by atoms with van der Waals surface area (Å²) in [7, 11) is 3.93. The Morgan fingerprint density at radius 3 is 2.72 bits per heavy atom. The first kappa shape index (κ1) is 12.7. The molecule has 1 heterocycles. The first-order chi connectivity index (χ1) is 8.58. The van der Waals surface area contributed by atoms with Crippen LogP contribution in [0.15, 0.2) is 41.0 Å². The Morgan fingerprint density at radius 1 is 1.28 bits per heavy atom. The molecular formula is C13H14BrN3O. The van der Waals surface area contributed by atoms with Crippen molar-refractivity contribution in [1.82, 2.24) is 4.98 Å². The Morgan fingerprint density at radius 2 is 2.06 bits per heavy atom. The molecule has 1 aromatic heterocycles. The van der Waals surface area contributed by atoms with E-state index in [0.717, 1.165) is 10.2 Å². The summed E-state index contributed by atoms with van der Waals surface area (Å²) >= 11 is 3.39. The Balaban J connectivity index is 2.34. The molecular weight excluding hydrogens is 294 g/mol. The Hall–Kier alpha value is -1.75. The average Bonchev–Trinajstić information content (AvgIpc) is 2.34. The minimum absolute atomic E-state index is 0.500. The number of nitrogen functional groups attached to an aromatic ring is 1. The molecule has 0 aliphatic carbocycles. The number of hydrogen-bond acceptors (Lipinski definition) is 4. The summed E-state index contributed by atoms with van der Waals surface area (Å²) in [4.78, 5) is 6.14. The van der Waals surface area contributed by atoms with Gasteiger partial charge in [-0.1, -0.05) is 0 Å². The minimum atomic E-state index is 0.500. The molecule has 1 aromatic carbocycles. The second-order valence-corrected chi connectivity index (χ2v) is 4.86. The number of anilines is 2. The predicted octanol–water partition coefficient (Wildman–Crippen LogP) is 3.28. The van der Waals surface area contributed by atoms with E-state index in [1.165, 1.54) is 0 Å². The van der Waals surface area contributed by atoms with Crippen molar-refractivity contribution in [3.63, 3.8) is 0 Å². The maximum absolute atomic E-state index is 5.90. The minimum Gasteiger partial charge on any atom is -0.436 e. The third-order valence-corrected chi connectivity index (χ3v) is 3.05. The highest BCUT2D eigenvalue weighted by atomic mass is 79.9. The van der Waals surface area contributed by atoms with Crippen LogP contribution in [0.3, 0.4) is 0 Å². The molecule has 0 radical (unpaired) electrons. The number of nitrogens with two attached hydrogens (primary N) is 1. The lowest BCUT2D eigenvalue weighted by atomic mass is 10.2. The van der Waals surface area contributed by atoms with E-state index in [4.69, 9.17) is 10.5 Å². The quantitative estimate of drug-likeness (QED) is 0.884. The van der Waals surface area contributed by atoms with Crippen molar-refractivity contribution < 1.29 is 4.74 Å². The van der Waals surface area contributed by atoms with Gasteiger partial charge in [-0.2, -0.15) is 0 Å². The van der Waals surface area contributed by atoms with Gasteiger partial charge in [-0.3, -0.25) is 0 Å². The molecule has 94 valence electrons. The van der Waals surface area contributed by atoms with E-state index in [1.807, 2.05) is 49.3 Å². The molecule has 0 spiro atoms. The van der Waals surface area contributed by atoms with Gasteiger partial charge in [-0.15, -0.1) is 0 Å². The normalized spacial score (nSPS) is 10.2. The van der Waals surface area contributed by atoms with Gasteiger partial charge in [-0.05, 0) is 40.2 Å². The largest absolute Gasteiger partial charge is 0.436 e. The predicted molar refractivity (Wildman–Crippen MR) is 77.2 cm³/mol. The fraction of sp³-hybridized carbons (Fsp3) is 0.154. The summed E-state index contributed by atoms with van der Waals surface area (Å²) < 4.78 is 6.51. The first-order valence-corrected chi connectivity index (χ1v) is 6.22. The van der Waals surface area contributed by atoms with E-state index in [0.29, 0.717) is 17.3 Å². The molecule has 0 amide bonds. The Kier molecular flexibility index (Phi) is 3.72. The van der Waals surface area contributed by atoms with Crippen molar-refractivity contribution in [1.29, 1.82) is 0 Å². The third-order valence-electron chi connectivity index (χ3n) is 2.44. The number of ether oxygens (including phenoxy) is 1. The molecule has 0 saturated heterocycles. The van der Waals surface area contributed by atoms with E-state index < -0.39 is 0 Å². The number of halogens is 1. The lowest BCUT2D eigenvalue weighted by Crippen LogP contribution is -2.08. The van der Waals surface area contributed by atoms with E-state index >= 15 is 0 Å². The van der Waals surface area contributed by atoms with Crippen molar-refractivity contribution in [2.75, 3.05) is 24.7 Å². The molecule has 5 heteroatoms. The highest BCUT2D eigenvalue weighted by Gasteiger charge is 2.08. The van der Waals surface area contributed by atoms with E-state index in [9.17, 15) is 0 Å². The second-order valence-electron chi connectivity index (χ2n) is 4.01. The van der Waals surface area contributed by atoms with Crippen LogP contribution in [0.1, 0.15) is 0 Å². The van der Waals surface area contributed by atoms with Crippen LogP contribution in [0.25, 0.3) is 0 Å². The van der Waals surface area contributed by atoms with Crippen LogP contribution in [0, 0.1) is 0 Å². The summed E-state index contributed by atoms with van der Waals surface area (Å²) in [6.07, 6.45) is 1.67. The smallest absolute Gasteiger partial charge is 0.233 e. The zero-order chi connectivity index (χ0) is 13.1. The molecule has 0 saturated carbocycles. The summed E-state index contributed by atoms with van der Waals surface area (Å²) in [6.45, 7) is 0. The van der Waals surface area contributed by atoms with Crippen molar-refractivity contribution >= 4 is 27.3 Å². The number of pyridine rings is 1. The average molecular weight is 308 g/mol. The monoisotopic (exact) mass is 307 g/mol. The number of rotatable bonds is 3. The molecule has 0 aliphatic heterocycles. The second kappa shape index (κ2) is 5.27. The van der Waals surface area contributed by atoms with Crippen LogP contribution >= 0.6 is 15.9 Å². The number of benzene rings is 1. The molecule has 2 aromatic rings. The zero-order valence-electron chi connectivity index (χ0n) is 10.2. The molecule has 18 heavy (non-hydrogen) atoms. The molecule has 0 aliphatic rings. The molecule has 0 fully saturated rings. The Labute approximate surface area is 115 Å². The molecule has 2 rings (SSSR count). The standard InChI is InChI=1S/C13H14BrN3O/c1-17(2)9-5-6-11(15)12(8-9)18-13-10(14)4-3-7-16-13/h3-8H,15H2,1-2H3. The maximum Gasteiger partial charge on any atom is 0.233 e. The summed E-state index contributed by atoms with van der Waals surface area (Å²) in [5, 5.41) is 0.